The second-order valence-electron chi connectivity index (χ2n) is 7.46. The molecular formula is C24H25N3O2. The number of nitrogens with one attached hydrogen (secondary N) is 1. The van der Waals surface area contributed by atoms with Crippen LogP contribution in [0.15, 0.2) is 66.7 Å². The fourth-order valence-electron chi connectivity index (χ4n) is 3.73. The van der Waals surface area contributed by atoms with Crippen LogP contribution < -0.4 is 5.32 Å². The van der Waals surface area contributed by atoms with E-state index in [4.69, 9.17) is 0 Å². The first-order chi connectivity index (χ1) is 14.1. The lowest BCUT2D eigenvalue weighted by molar-refractivity contribution is 0.0762. The summed E-state index contributed by atoms with van der Waals surface area (Å²) in [5, 5.41) is 5.16. The van der Waals surface area contributed by atoms with Crippen molar-refractivity contribution in [1.29, 1.82) is 0 Å². The summed E-state index contributed by atoms with van der Waals surface area (Å²) in [6.45, 7) is 4.36. The van der Waals surface area contributed by atoms with Gasteiger partial charge in [0.05, 0.1) is 5.69 Å². The molecule has 0 spiro atoms. The van der Waals surface area contributed by atoms with E-state index in [-0.39, 0.29) is 11.9 Å². The zero-order chi connectivity index (χ0) is 20.2. The molecule has 148 valence electrons. The van der Waals surface area contributed by atoms with Gasteiger partial charge in [-0.15, -0.1) is 0 Å². The third-order valence-corrected chi connectivity index (χ3v) is 5.40. The van der Waals surface area contributed by atoms with E-state index < -0.39 is 0 Å². The number of rotatable bonds is 2. The number of urea groups is 1. The third kappa shape index (κ3) is 4.24. The molecule has 1 aliphatic rings. The lowest BCUT2D eigenvalue weighted by Crippen LogP contribution is -2.39. The Morgan fingerprint density at radius 2 is 1.48 bits per heavy atom. The number of benzene rings is 3. The minimum atomic E-state index is -0.119. The molecule has 0 unspecified atom stereocenters. The van der Waals surface area contributed by atoms with Gasteiger partial charge in [-0.05, 0) is 36.9 Å². The van der Waals surface area contributed by atoms with Crippen LogP contribution in [0, 0.1) is 6.92 Å². The fourth-order valence-corrected chi connectivity index (χ4v) is 3.73. The molecule has 4 rings (SSSR count). The number of amides is 3. The maximum Gasteiger partial charge on any atom is 0.321 e. The first-order valence-electron chi connectivity index (χ1n) is 10.0. The Bertz CT molecular complexity index is 1020. The van der Waals surface area contributed by atoms with Crippen molar-refractivity contribution in [3.8, 4) is 0 Å². The lowest BCUT2D eigenvalue weighted by atomic mass is 10.1. The van der Waals surface area contributed by atoms with Crippen molar-refractivity contribution < 1.29 is 9.59 Å². The smallest absolute Gasteiger partial charge is 0.321 e. The molecule has 3 amide bonds. The average molecular weight is 387 g/mol. The molecule has 0 saturated carbocycles. The standard InChI is InChI=1S/C24H25N3O2/c1-18-10-12-20(13-11-18)23(28)26-14-5-15-27(17-16-26)24(29)25-22-9-4-7-19-6-2-3-8-21(19)22/h2-4,6-13H,5,14-17H2,1H3,(H,25,29). The van der Waals surface area contributed by atoms with Crippen molar-refractivity contribution >= 4 is 28.4 Å². The summed E-state index contributed by atoms with van der Waals surface area (Å²) >= 11 is 0. The molecule has 3 aromatic carbocycles. The molecule has 3 aromatic rings. The Labute approximate surface area is 170 Å². The number of nitrogens with zero attached hydrogens (tertiary/aromatic N) is 2. The number of carbonyl (C=O) groups is 2. The average Bonchev–Trinajstić information content (AvgIpc) is 3.00. The van der Waals surface area contributed by atoms with Crippen molar-refractivity contribution in [2.75, 3.05) is 31.5 Å². The third-order valence-electron chi connectivity index (χ3n) is 5.40. The summed E-state index contributed by atoms with van der Waals surface area (Å²) in [7, 11) is 0. The van der Waals surface area contributed by atoms with Gasteiger partial charge in [0.25, 0.3) is 5.91 Å². The van der Waals surface area contributed by atoms with Crippen LogP contribution in [0.25, 0.3) is 10.8 Å². The monoisotopic (exact) mass is 387 g/mol. The fraction of sp³-hybridized carbons (Fsp3) is 0.250. The second-order valence-corrected chi connectivity index (χ2v) is 7.46. The molecule has 0 aliphatic carbocycles. The van der Waals surface area contributed by atoms with Gasteiger partial charge in [-0.2, -0.15) is 0 Å². The Morgan fingerprint density at radius 3 is 2.31 bits per heavy atom. The Morgan fingerprint density at radius 1 is 0.793 bits per heavy atom. The molecule has 1 heterocycles. The predicted octanol–water partition coefficient (Wildman–Crippen LogP) is 4.53. The molecule has 29 heavy (non-hydrogen) atoms. The van der Waals surface area contributed by atoms with Crippen LogP contribution in [0.4, 0.5) is 10.5 Å². The van der Waals surface area contributed by atoms with Crippen LogP contribution in [0.5, 0.6) is 0 Å². The molecule has 1 aliphatic heterocycles. The molecule has 0 bridgehead atoms. The summed E-state index contributed by atoms with van der Waals surface area (Å²) in [4.78, 5) is 29.3. The van der Waals surface area contributed by atoms with Crippen molar-refractivity contribution in [3.63, 3.8) is 0 Å². The summed E-state index contributed by atoms with van der Waals surface area (Å²) in [6.07, 6.45) is 0.764. The van der Waals surface area contributed by atoms with Gasteiger partial charge in [0, 0.05) is 37.1 Å². The summed E-state index contributed by atoms with van der Waals surface area (Å²) < 4.78 is 0. The highest BCUT2D eigenvalue weighted by atomic mass is 16.2. The van der Waals surface area contributed by atoms with Gasteiger partial charge in [-0.25, -0.2) is 4.79 Å². The molecule has 1 fully saturated rings. The van der Waals surface area contributed by atoms with Crippen LogP contribution in [0.2, 0.25) is 0 Å². The number of carbonyl (C=O) groups excluding carboxylic acids is 2. The Balaban J connectivity index is 1.42. The Hall–Kier alpha value is -3.34. The SMILES string of the molecule is Cc1ccc(C(=O)N2CCCN(C(=O)Nc3cccc4ccccc34)CC2)cc1. The summed E-state index contributed by atoms with van der Waals surface area (Å²) in [6, 6.07) is 21.4. The highest BCUT2D eigenvalue weighted by Gasteiger charge is 2.23. The molecule has 1 saturated heterocycles. The number of anilines is 1. The van der Waals surface area contributed by atoms with Crippen LogP contribution in [0.3, 0.4) is 0 Å². The van der Waals surface area contributed by atoms with E-state index >= 15 is 0 Å². The van der Waals surface area contributed by atoms with Crippen molar-refractivity contribution in [3.05, 3.63) is 77.9 Å². The number of hydrogen-bond donors (Lipinski definition) is 1. The van der Waals surface area contributed by atoms with Gasteiger partial charge in [0.1, 0.15) is 0 Å². The highest BCUT2D eigenvalue weighted by molar-refractivity contribution is 6.01. The van der Waals surface area contributed by atoms with Gasteiger partial charge in [0.15, 0.2) is 0 Å². The van der Waals surface area contributed by atoms with Crippen LogP contribution in [0.1, 0.15) is 22.3 Å². The Kier molecular flexibility index (Phi) is 5.47. The van der Waals surface area contributed by atoms with E-state index in [1.165, 1.54) is 0 Å². The van der Waals surface area contributed by atoms with E-state index in [9.17, 15) is 9.59 Å². The molecule has 5 nitrogen and oxygen atoms in total. The summed E-state index contributed by atoms with van der Waals surface area (Å²) in [5.74, 6) is 0.0290. The quantitative estimate of drug-likeness (QED) is 0.702. The van der Waals surface area contributed by atoms with Crippen LogP contribution in [-0.4, -0.2) is 47.9 Å². The molecule has 1 N–H and O–H groups in total. The molecule has 5 heteroatoms. The van der Waals surface area contributed by atoms with Gasteiger partial charge in [0.2, 0.25) is 0 Å². The maximum absolute atomic E-state index is 12.9. The van der Waals surface area contributed by atoms with Crippen molar-refractivity contribution in [2.24, 2.45) is 0 Å². The topological polar surface area (TPSA) is 52.7 Å². The van der Waals surface area contributed by atoms with E-state index in [1.54, 1.807) is 4.90 Å². The van der Waals surface area contributed by atoms with Gasteiger partial charge in [-0.3, -0.25) is 4.79 Å². The van der Waals surface area contributed by atoms with Crippen LogP contribution in [-0.2, 0) is 0 Å². The normalized spacial score (nSPS) is 14.5. The first kappa shape index (κ1) is 19.0. The zero-order valence-electron chi connectivity index (χ0n) is 16.6. The van der Waals surface area contributed by atoms with Gasteiger partial charge >= 0.3 is 6.03 Å². The van der Waals surface area contributed by atoms with Crippen molar-refractivity contribution in [2.45, 2.75) is 13.3 Å². The molecule has 0 aromatic heterocycles. The molecular weight excluding hydrogens is 362 g/mol. The van der Waals surface area contributed by atoms with E-state index in [2.05, 4.69) is 5.32 Å². The minimum absolute atomic E-state index is 0.0290. The van der Waals surface area contributed by atoms with E-state index in [0.29, 0.717) is 31.7 Å². The molecule has 0 atom stereocenters. The van der Waals surface area contributed by atoms with Gasteiger partial charge < -0.3 is 15.1 Å². The second kappa shape index (κ2) is 8.35. The molecule has 0 radical (unpaired) electrons. The van der Waals surface area contributed by atoms with Crippen molar-refractivity contribution in [1.82, 2.24) is 9.80 Å². The number of aryl methyl sites for hydroxylation is 1. The summed E-state index contributed by atoms with van der Waals surface area (Å²) in [5.41, 5.74) is 2.64. The zero-order valence-corrected chi connectivity index (χ0v) is 16.6. The number of fused-ring (bicyclic) bond motifs is 1. The predicted molar refractivity (Wildman–Crippen MR) is 116 cm³/mol. The lowest BCUT2D eigenvalue weighted by Gasteiger charge is -2.23. The number of hydrogen-bond acceptors (Lipinski definition) is 2. The van der Waals surface area contributed by atoms with Gasteiger partial charge in [-0.1, -0.05) is 54.1 Å². The largest absolute Gasteiger partial charge is 0.337 e. The maximum atomic E-state index is 12.9. The minimum Gasteiger partial charge on any atom is -0.337 e. The first-order valence-corrected chi connectivity index (χ1v) is 10.0. The van der Waals surface area contributed by atoms with Crippen LogP contribution >= 0.6 is 0 Å². The van der Waals surface area contributed by atoms with E-state index in [1.807, 2.05) is 78.6 Å². The highest BCUT2D eigenvalue weighted by Crippen LogP contribution is 2.23. The van der Waals surface area contributed by atoms with E-state index in [0.717, 1.165) is 28.4 Å².